The van der Waals surface area contributed by atoms with Gasteiger partial charge >= 0.3 is 0 Å². The maximum absolute atomic E-state index is 11.1. The van der Waals surface area contributed by atoms with Gasteiger partial charge in [-0.15, -0.1) is 0 Å². The average Bonchev–Trinajstić information content (AvgIpc) is 2.94. The van der Waals surface area contributed by atoms with Gasteiger partial charge in [-0.05, 0) is 24.3 Å². The molecule has 1 saturated heterocycles. The number of piperidine rings is 1. The molecule has 9 heteroatoms. The van der Waals surface area contributed by atoms with Crippen LogP contribution in [0, 0.1) is 5.41 Å². The summed E-state index contributed by atoms with van der Waals surface area (Å²) in [5.41, 5.74) is 0.738. The monoisotopic (exact) mass is 324 g/mol. The van der Waals surface area contributed by atoms with Crippen LogP contribution in [0.5, 0.6) is 0 Å². The molecule has 120 valence electrons. The van der Waals surface area contributed by atoms with Gasteiger partial charge in [0.05, 0.1) is 5.39 Å². The third kappa shape index (κ3) is 3.21. The van der Waals surface area contributed by atoms with Crippen LogP contribution in [-0.4, -0.2) is 43.0 Å². The molecule has 2 aromatic heterocycles. The minimum atomic E-state index is -3.64. The van der Waals surface area contributed by atoms with Gasteiger partial charge in [-0.25, -0.2) is 19.8 Å². The molecule has 0 aliphatic carbocycles. The molecule has 2 aromatic rings. The molecule has 3 rings (SSSR count). The third-order valence-corrected chi connectivity index (χ3v) is 4.85. The fourth-order valence-electron chi connectivity index (χ4n) is 2.82. The Balaban J connectivity index is 1.70. The zero-order valence-corrected chi connectivity index (χ0v) is 13.2. The molecule has 3 heterocycles. The van der Waals surface area contributed by atoms with E-state index in [0.29, 0.717) is 6.54 Å². The normalized spacial score (nSPS) is 18.7. The molecule has 4 N–H and O–H groups in total. The number of nitrogens with one attached hydrogen (secondary N) is 2. The maximum atomic E-state index is 11.1. The van der Waals surface area contributed by atoms with Gasteiger partial charge in [-0.1, -0.05) is 6.92 Å². The lowest BCUT2D eigenvalue weighted by Crippen LogP contribution is -2.46. The number of nitrogens with two attached hydrogens (primary N) is 1. The predicted octanol–water partition coefficient (Wildman–Crippen LogP) is 0.358. The highest BCUT2D eigenvalue weighted by atomic mass is 32.2. The minimum Gasteiger partial charge on any atom is -0.356 e. The van der Waals surface area contributed by atoms with Crippen molar-refractivity contribution in [3.8, 4) is 0 Å². The van der Waals surface area contributed by atoms with E-state index in [1.165, 1.54) is 0 Å². The summed E-state index contributed by atoms with van der Waals surface area (Å²) in [5.74, 6) is 0.924. The topological polar surface area (TPSA) is 117 Å². The molecule has 0 atom stereocenters. The van der Waals surface area contributed by atoms with Gasteiger partial charge < -0.3 is 9.88 Å². The molecular weight excluding hydrogens is 304 g/mol. The van der Waals surface area contributed by atoms with Gasteiger partial charge in [0.1, 0.15) is 17.8 Å². The Labute approximate surface area is 129 Å². The van der Waals surface area contributed by atoms with Gasteiger partial charge in [0.25, 0.3) is 10.2 Å². The molecule has 0 unspecified atom stereocenters. The van der Waals surface area contributed by atoms with Crippen molar-refractivity contribution in [3.63, 3.8) is 0 Å². The van der Waals surface area contributed by atoms with E-state index in [0.717, 1.165) is 42.8 Å². The number of hydrogen-bond acceptors (Lipinski definition) is 5. The molecule has 22 heavy (non-hydrogen) atoms. The van der Waals surface area contributed by atoms with E-state index in [1.54, 1.807) is 6.33 Å². The fourth-order valence-corrected chi connectivity index (χ4v) is 3.37. The smallest absolute Gasteiger partial charge is 0.274 e. The first-order valence-electron chi connectivity index (χ1n) is 7.17. The number of H-pyrrole nitrogens is 1. The lowest BCUT2D eigenvalue weighted by atomic mass is 9.80. The van der Waals surface area contributed by atoms with Crippen LogP contribution >= 0.6 is 0 Å². The largest absolute Gasteiger partial charge is 0.356 e. The number of aromatic amines is 1. The Bertz CT molecular complexity index is 764. The summed E-state index contributed by atoms with van der Waals surface area (Å²) in [7, 11) is -3.64. The molecular formula is C13H20N6O2S. The number of rotatable bonds is 4. The van der Waals surface area contributed by atoms with Crippen molar-refractivity contribution >= 4 is 27.1 Å². The molecule has 0 amide bonds. The SMILES string of the molecule is CC1(CNS(N)(=O)=O)CCN(c2ncnc3[nH]ccc23)CC1. The minimum absolute atomic E-state index is 0.0900. The molecule has 1 aliphatic rings. The van der Waals surface area contributed by atoms with E-state index < -0.39 is 10.2 Å². The Morgan fingerprint density at radius 2 is 2.14 bits per heavy atom. The summed E-state index contributed by atoms with van der Waals surface area (Å²) in [5, 5.41) is 6.02. The molecule has 8 nitrogen and oxygen atoms in total. The summed E-state index contributed by atoms with van der Waals surface area (Å²) >= 11 is 0. The van der Waals surface area contributed by atoms with Crippen LogP contribution < -0.4 is 14.8 Å². The van der Waals surface area contributed by atoms with Crippen molar-refractivity contribution in [2.24, 2.45) is 10.6 Å². The van der Waals surface area contributed by atoms with Crippen LogP contribution in [0.25, 0.3) is 11.0 Å². The quantitative estimate of drug-likeness (QED) is 0.750. The van der Waals surface area contributed by atoms with Crippen LogP contribution in [0.15, 0.2) is 18.6 Å². The molecule has 0 aromatic carbocycles. The third-order valence-electron chi connectivity index (χ3n) is 4.30. The Morgan fingerprint density at radius 1 is 1.41 bits per heavy atom. The summed E-state index contributed by atoms with van der Waals surface area (Å²) in [6.07, 6.45) is 5.15. The zero-order valence-electron chi connectivity index (χ0n) is 12.4. The number of anilines is 1. The van der Waals surface area contributed by atoms with E-state index in [1.807, 2.05) is 12.3 Å². The molecule has 0 radical (unpaired) electrons. The highest BCUT2D eigenvalue weighted by molar-refractivity contribution is 7.87. The van der Waals surface area contributed by atoms with Crippen LogP contribution in [-0.2, 0) is 10.2 Å². The second-order valence-corrected chi connectivity index (χ2v) is 7.48. The Kier molecular flexibility index (Phi) is 3.79. The standard InChI is InChI=1S/C13H20N6O2S/c1-13(8-18-22(14,20)21)3-6-19(7-4-13)12-10-2-5-15-11(10)16-9-17-12/h2,5,9,18H,3-4,6-8H2,1H3,(H2,14,20,21)(H,15,16,17). The van der Waals surface area contributed by atoms with Gasteiger partial charge in [0.15, 0.2) is 0 Å². The maximum Gasteiger partial charge on any atom is 0.274 e. The lowest BCUT2D eigenvalue weighted by molar-refractivity contribution is 0.249. The molecule has 1 aliphatic heterocycles. The number of fused-ring (bicyclic) bond motifs is 1. The van der Waals surface area contributed by atoms with Gasteiger partial charge in [0.2, 0.25) is 0 Å². The molecule has 0 bridgehead atoms. The van der Waals surface area contributed by atoms with Crippen molar-refractivity contribution in [1.29, 1.82) is 0 Å². The van der Waals surface area contributed by atoms with E-state index in [2.05, 4.69) is 31.5 Å². The highest BCUT2D eigenvalue weighted by Gasteiger charge is 2.31. The number of aromatic nitrogens is 3. The van der Waals surface area contributed by atoms with E-state index >= 15 is 0 Å². The predicted molar refractivity (Wildman–Crippen MR) is 84.6 cm³/mol. The van der Waals surface area contributed by atoms with E-state index in [-0.39, 0.29) is 5.41 Å². The summed E-state index contributed by atoms with van der Waals surface area (Å²) < 4.78 is 24.5. The first-order chi connectivity index (χ1) is 10.4. The van der Waals surface area contributed by atoms with Crippen LogP contribution in [0.3, 0.4) is 0 Å². The molecule has 0 saturated carbocycles. The van der Waals surface area contributed by atoms with Crippen LogP contribution in [0.2, 0.25) is 0 Å². The van der Waals surface area contributed by atoms with Gasteiger partial charge in [0, 0.05) is 25.8 Å². The zero-order chi connectivity index (χ0) is 15.8. The van der Waals surface area contributed by atoms with Gasteiger partial charge in [-0.3, -0.25) is 0 Å². The first kappa shape index (κ1) is 15.2. The summed E-state index contributed by atoms with van der Waals surface area (Å²) in [6, 6.07) is 1.97. The van der Waals surface area contributed by atoms with Crippen molar-refractivity contribution in [2.75, 3.05) is 24.5 Å². The van der Waals surface area contributed by atoms with E-state index in [9.17, 15) is 8.42 Å². The molecule has 0 spiro atoms. The van der Waals surface area contributed by atoms with Gasteiger partial charge in [-0.2, -0.15) is 8.42 Å². The average molecular weight is 324 g/mol. The van der Waals surface area contributed by atoms with Crippen molar-refractivity contribution in [1.82, 2.24) is 19.7 Å². The summed E-state index contributed by atoms with van der Waals surface area (Å²) in [6.45, 7) is 4.08. The Morgan fingerprint density at radius 3 is 2.82 bits per heavy atom. The number of nitrogens with zero attached hydrogens (tertiary/aromatic N) is 3. The first-order valence-corrected chi connectivity index (χ1v) is 8.71. The second-order valence-electron chi connectivity index (χ2n) is 6.10. The number of hydrogen-bond donors (Lipinski definition) is 3. The highest BCUT2D eigenvalue weighted by Crippen LogP contribution is 2.33. The lowest BCUT2D eigenvalue weighted by Gasteiger charge is -2.40. The van der Waals surface area contributed by atoms with Crippen LogP contribution in [0.4, 0.5) is 5.82 Å². The summed E-state index contributed by atoms with van der Waals surface area (Å²) in [4.78, 5) is 13.9. The van der Waals surface area contributed by atoms with Crippen molar-refractivity contribution < 1.29 is 8.42 Å². The molecule has 1 fully saturated rings. The van der Waals surface area contributed by atoms with Crippen LogP contribution in [0.1, 0.15) is 19.8 Å². The van der Waals surface area contributed by atoms with E-state index in [4.69, 9.17) is 5.14 Å². The second kappa shape index (κ2) is 5.49. The van der Waals surface area contributed by atoms with Crippen molar-refractivity contribution in [3.05, 3.63) is 18.6 Å². The fraction of sp³-hybridized carbons (Fsp3) is 0.538. The van der Waals surface area contributed by atoms with Crippen molar-refractivity contribution in [2.45, 2.75) is 19.8 Å². The Hall–Kier alpha value is -1.71.